The molecule has 4 aromatic rings. The summed E-state index contributed by atoms with van der Waals surface area (Å²) >= 11 is 0. The van der Waals surface area contributed by atoms with Crippen LogP contribution in [-0.2, 0) is 22.5 Å². The number of aliphatic carboxylic acids is 1. The van der Waals surface area contributed by atoms with E-state index in [1.807, 2.05) is 54.6 Å². The molecule has 0 radical (unpaired) electrons. The Morgan fingerprint density at radius 2 is 1.47 bits per heavy atom. The van der Waals surface area contributed by atoms with Gasteiger partial charge in [0.15, 0.2) is 0 Å². The van der Waals surface area contributed by atoms with E-state index in [2.05, 4.69) is 39.0 Å². The fourth-order valence-electron chi connectivity index (χ4n) is 5.59. The molecule has 0 saturated carbocycles. The summed E-state index contributed by atoms with van der Waals surface area (Å²) in [7, 11) is 0. The maximum absolute atomic E-state index is 12.2. The molecule has 2 fully saturated rings. The van der Waals surface area contributed by atoms with Crippen molar-refractivity contribution in [3.63, 3.8) is 0 Å². The average molecular weight is 610 g/mol. The number of carboxylic acids is 1. The number of carboxylic acid groups (broad SMARTS) is 1. The number of para-hydroxylation sites is 1. The van der Waals surface area contributed by atoms with Crippen LogP contribution in [0.5, 0.6) is 17.4 Å². The van der Waals surface area contributed by atoms with Gasteiger partial charge in [0.25, 0.3) is 0 Å². The Bertz CT molecular complexity index is 1540. The number of ether oxygens (including phenoxy) is 3. The minimum Gasteiger partial charge on any atom is -0.478 e. The molecule has 2 saturated heterocycles. The minimum atomic E-state index is -1.43. The van der Waals surface area contributed by atoms with Crippen molar-refractivity contribution >= 4 is 17.7 Å². The molecule has 2 aliphatic rings. The maximum Gasteiger partial charge on any atom is 0.348 e. The van der Waals surface area contributed by atoms with E-state index in [4.69, 9.17) is 24.2 Å². The summed E-state index contributed by atoms with van der Waals surface area (Å²) in [4.78, 5) is 28.8. The SMILES string of the molecule is CC(Cc1ccc(Oc2cc(N3CCN(Cc4ccccc4)CC3)nc(N3CCOCC3)n2)cc1)(Oc1ccccc1)C(=O)O. The van der Waals surface area contributed by atoms with E-state index in [0.29, 0.717) is 36.5 Å². The molecule has 1 unspecified atom stereocenters. The second-order valence-corrected chi connectivity index (χ2v) is 11.6. The van der Waals surface area contributed by atoms with E-state index in [0.717, 1.165) is 57.2 Å². The van der Waals surface area contributed by atoms with Crippen LogP contribution < -0.4 is 19.3 Å². The number of nitrogens with zero attached hydrogens (tertiary/aromatic N) is 5. The van der Waals surface area contributed by atoms with E-state index < -0.39 is 11.6 Å². The van der Waals surface area contributed by atoms with Gasteiger partial charge in [-0.1, -0.05) is 60.7 Å². The Morgan fingerprint density at radius 3 is 2.13 bits per heavy atom. The van der Waals surface area contributed by atoms with Gasteiger partial charge in [-0.25, -0.2) is 4.79 Å². The molecular weight excluding hydrogens is 570 g/mol. The van der Waals surface area contributed by atoms with Crippen molar-refractivity contribution in [2.75, 3.05) is 62.3 Å². The molecule has 0 amide bonds. The highest BCUT2D eigenvalue weighted by Gasteiger charge is 2.36. The topological polar surface area (TPSA) is 100 Å². The zero-order chi connectivity index (χ0) is 31.1. The number of aromatic nitrogens is 2. The lowest BCUT2D eigenvalue weighted by Crippen LogP contribution is -2.46. The van der Waals surface area contributed by atoms with Gasteiger partial charge >= 0.3 is 5.97 Å². The van der Waals surface area contributed by atoms with Crippen molar-refractivity contribution in [2.45, 2.75) is 25.5 Å². The molecule has 1 aromatic heterocycles. The zero-order valence-corrected chi connectivity index (χ0v) is 25.5. The summed E-state index contributed by atoms with van der Waals surface area (Å²) in [6.45, 7) is 8.81. The summed E-state index contributed by atoms with van der Waals surface area (Å²) in [6, 6.07) is 28.9. The average Bonchev–Trinajstić information content (AvgIpc) is 3.07. The van der Waals surface area contributed by atoms with Crippen LogP contribution in [0.3, 0.4) is 0 Å². The van der Waals surface area contributed by atoms with Crippen LogP contribution in [0.4, 0.5) is 11.8 Å². The number of anilines is 2. The third kappa shape index (κ3) is 7.89. The Balaban J connectivity index is 1.16. The Hall–Kier alpha value is -4.67. The van der Waals surface area contributed by atoms with Crippen LogP contribution in [0, 0.1) is 0 Å². The zero-order valence-electron chi connectivity index (χ0n) is 25.5. The minimum absolute atomic E-state index is 0.187. The van der Waals surface area contributed by atoms with Crippen LogP contribution in [0.1, 0.15) is 18.1 Å². The molecule has 2 aliphatic heterocycles. The first-order valence-corrected chi connectivity index (χ1v) is 15.4. The van der Waals surface area contributed by atoms with Crippen LogP contribution in [0.25, 0.3) is 0 Å². The van der Waals surface area contributed by atoms with Crippen molar-refractivity contribution < 1.29 is 24.1 Å². The first kappa shape index (κ1) is 30.4. The number of benzene rings is 3. The molecule has 1 N–H and O–H groups in total. The van der Waals surface area contributed by atoms with Crippen molar-refractivity contribution in [3.8, 4) is 17.4 Å². The predicted octanol–water partition coefficient (Wildman–Crippen LogP) is 4.89. The second-order valence-electron chi connectivity index (χ2n) is 11.6. The predicted molar refractivity (Wildman–Crippen MR) is 172 cm³/mol. The third-order valence-corrected chi connectivity index (χ3v) is 8.14. The summed E-state index contributed by atoms with van der Waals surface area (Å²) in [5, 5.41) is 9.97. The molecule has 1 atom stereocenters. The van der Waals surface area contributed by atoms with Gasteiger partial charge in [-0.3, -0.25) is 4.90 Å². The maximum atomic E-state index is 12.2. The fraction of sp³-hybridized carbons (Fsp3) is 0.343. The Kier molecular flexibility index (Phi) is 9.42. The molecule has 3 aromatic carbocycles. The van der Waals surface area contributed by atoms with E-state index in [9.17, 15) is 9.90 Å². The molecule has 45 heavy (non-hydrogen) atoms. The highest BCUT2D eigenvalue weighted by atomic mass is 16.5. The molecule has 0 aliphatic carbocycles. The molecule has 3 heterocycles. The highest BCUT2D eigenvalue weighted by Crippen LogP contribution is 2.29. The van der Waals surface area contributed by atoms with Crippen molar-refractivity contribution in [2.24, 2.45) is 0 Å². The number of hydrogen-bond acceptors (Lipinski definition) is 9. The van der Waals surface area contributed by atoms with Gasteiger partial charge in [-0.2, -0.15) is 9.97 Å². The lowest BCUT2D eigenvalue weighted by molar-refractivity contribution is -0.153. The van der Waals surface area contributed by atoms with E-state index >= 15 is 0 Å². The number of hydrogen-bond donors (Lipinski definition) is 1. The summed E-state index contributed by atoms with van der Waals surface area (Å²) in [5.41, 5.74) is 0.707. The summed E-state index contributed by atoms with van der Waals surface area (Å²) < 4.78 is 17.7. The normalized spacial score (nSPS) is 17.0. The van der Waals surface area contributed by atoms with Crippen LogP contribution in [0.2, 0.25) is 0 Å². The first-order valence-electron chi connectivity index (χ1n) is 15.4. The number of carbonyl (C=O) groups is 1. The number of morpholine rings is 1. The van der Waals surface area contributed by atoms with Crippen LogP contribution in [0.15, 0.2) is 91.0 Å². The standard InChI is InChI=1S/C35H39N5O5/c1-35(33(41)42,45-30-10-6-3-7-11-30)25-27-12-14-29(15-13-27)44-32-24-31(36-34(37-32)40-20-22-43-23-21-40)39-18-16-38(17-19-39)26-28-8-4-2-5-9-28/h2-15,24H,16-23,25-26H2,1H3,(H,41,42). The number of piperazine rings is 1. The summed E-state index contributed by atoms with van der Waals surface area (Å²) in [6.07, 6.45) is 0.187. The molecular formula is C35H39N5O5. The van der Waals surface area contributed by atoms with Gasteiger partial charge in [-0.05, 0) is 42.3 Å². The Labute approximate surface area is 263 Å². The second kappa shape index (κ2) is 14.0. The summed E-state index contributed by atoms with van der Waals surface area (Å²) in [5.74, 6) is 2.01. The number of rotatable bonds is 11. The van der Waals surface area contributed by atoms with Crippen molar-refractivity contribution in [1.82, 2.24) is 14.9 Å². The molecule has 0 bridgehead atoms. The smallest absolute Gasteiger partial charge is 0.348 e. The van der Waals surface area contributed by atoms with E-state index in [1.165, 1.54) is 5.56 Å². The van der Waals surface area contributed by atoms with Gasteiger partial charge < -0.3 is 29.1 Å². The van der Waals surface area contributed by atoms with Gasteiger partial charge in [0.2, 0.25) is 17.4 Å². The first-order chi connectivity index (χ1) is 21.9. The molecule has 234 valence electrons. The molecule has 0 spiro atoms. The molecule has 10 nitrogen and oxygen atoms in total. The van der Waals surface area contributed by atoms with Crippen molar-refractivity contribution in [1.29, 1.82) is 0 Å². The van der Waals surface area contributed by atoms with E-state index in [-0.39, 0.29) is 6.42 Å². The lowest BCUT2D eigenvalue weighted by Gasteiger charge is -2.36. The highest BCUT2D eigenvalue weighted by molar-refractivity contribution is 5.78. The third-order valence-electron chi connectivity index (χ3n) is 8.14. The largest absolute Gasteiger partial charge is 0.478 e. The quantitative estimate of drug-likeness (QED) is 0.253. The van der Waals surface area contributed by atoms with E-state index in [1.54, 1.807) is 19.1 Å². The molecule has 6 rings (SSSR count). The lowest BCUT2D eigenvalue weighted by atomic mass is 9.96. The fourth-order valence-corrected chi connectivity index (χ4v) is 5.59. The van der Waals surface area contributed by atoms with Gasteiger partial charge in [0.05, 0.1) is 13.2 Å². The van der Waals surface area contributed by atoms with Crippen molar-refractivity contribution in [3.05, 3.63) is 102 Å². The van der Waals surface area contributed by atoms with Crippen LogP contribution in [-0.4, -0.2) is 84.0 Å². The van der Waals surface area contributed by atoms with Gasteiger partial charge in [0.1, 0.15) is 17.3 Å². The van der Waals surface area contributed by atoms with Gasteiger partial charge in [0, 0.05) is 58.3 Å². The van der Waals surface area contributed by atoms with Crippen LogP contribution >= 0.6 is 0 Å². The molecule has 10 heteroatoms. The monoisotopic (exact) mass is 609 g/mol. The van der Waals surface area contributed by atoms with Gasteiger partial charge in [-0.15, -0.1) is 0 Å². The Morgan fingerprint density at radius 1 is 0.800 bits per heavy atom.